The summed E-state index contributed by atoms with van der Waals surface area (Å²) in [5.74, 6) is 0. The molecule has 2 amide bonds. The van der Waals surface area contributed by atoms with Crippen LogP contribution >= 0.6 is 35.4 Å². The summed E-state index contributed by atoms with van der Waals surface area (Å²) in [5, 5.41) is 6.72. The number of hydrogen-bond acceptors (Lipinski definition) is 4. The highest BCUT2D eigenvalue weighted by Gasteiger charge is 2.21. The van der Waals surface area contributed by atoms with Gasteiger partial charge in [0.05, 0.1) is 35.0 Å². The standard InChI is InChI=1S/C17H21Cl2N5O2S/c18-14-2-1-11(5-15(14)19)9-24-3-4-26-13(10-24)8-21-16(25)20-6-12-7-22-17(27)23-12/h1-2,5,7,13H,3-4,6,8-10H2,(H2,20,21,25)(H2,22,23,27). The number of hydrogen-bond donors (Lipinski definition) is 4. The smallest absolute Gasteiger partial charge is 0.315 e. The Morgan fingerprint density at radius 1 is 1.33 bits per heavy atom. The molecule has 7 nitrogen and oxygen atoms in total. The summed E-state index contributed by atoms with van der Waals surface area (Å²) in [6, 6.07) is 5.41. The first-order valence-electron chi connectivity index (χ1n) is 8.56. The van der Waals surface area contributed by atoms with Crippen LogP contribution in [-0.4, -0.2) is 53.2 Å². The first-order valence-corrected chi connectivity index (χ1v) is 9.72. The lowest BCUT2D eigenvalue weighted by molar-refractivity contribution is -0.0287. The summed E-state index contributed by atoms with van der Waals surface area (Å²) in [5.41, 5.74) is 1.91. The maximum atomic E-state index is 11.9. The summed E-state index contributed by atoms with van der Waals surface area (Å²) in [7, 11) is 0. The summed E-state index contributed by atoms with van der Waals surface area (Å²) in [6.45, 7) is 3.74. The van der Waals surface area contributed by atoms with E-state index >= 15 is 0 Å². The first kappa shape index (κ1) is 20.2. The van der Waals surface area contributed by atoms with Crippen molar-refractivity contribution >= 4 is 41.5 Å². The summed E-state index contributed by atoms with van der Waals surface area (Å²) in [6.07, 6.45) is 1.67. The number of urea groups is 1. The normalized spacial score (nSPS) is 17.6. The number of benzene rings is 1. The van der Waals surface area contributed by atoms with Gasteiger partial charge in [0.1, 0.15) is 0 Å². The van der Waals surface area contributed by atoms with Crippen LogP contribution in [0.5, 0.6) is 0 Å². The second kappa shape index (κ2) is 9.57. The van der Waals surface area contributed by atoms with Crippen molar-refractivity contribution in [2.75, 3.05) is 26.2 Å². The second-order valence-corrected chi connectivity index (χ2v) is 7.53. The highest BCUT2D eigenvalue weighted by atomic mass is 35.5. The average molecular weight is 430 g/mol. The molecule has 0 aliphatic carbocycles. The number of ether oxygens (including phenoxy) is 1. The zero-order valence-corrected chi connectivity index (χ0v) is 16.9. The van der Waals surface area contributed by atoms with Crippen molar-refractivity contribution in [2.24, 2.45) is 0 Å². The van der Waals surface area contributed by atoms with Gasteiger partial charge in [-0.25, -0.2) is 4.79 Å². The van der Waals surface area contributed by atoms with E-state index in [0.717, 1.165) is 30.9 Å². The first-order chi connectivity index (χ1) is 13.0. The summed E-state index contributed by atoms with van der Waals surface area (Å²) >= 11 is 17.0. The molecule has 1 atom stereocenters. The summed E-state index contributed by atoms with van der Waals surface area (Å²) in [4.78, 5) is 20.0. The van der Waals surface area contributed by atoms with E-state index in [1.54, 1.807) is 12.3 Å². The fourth-order valence-electron chi connectivity index (χ4n) is 2.85. The Bertz CT molecular complexity index is 841. The average Bonchev–Trinajstić information content (AvgIpc) is 3.07. The number of halogens is 2. The fourth-order valence-corrected chi connectivity index (χ4v) is 3.36. The van der Waals surface area contributed by atoms with Gasteiger partial charge in [0.25, 0.3) is 0 Å². The van der Waals surface area contributed by atoms with Gasteiger partial charge in [-0.1, -0.05) is 29.3 Å². The molecular formula is C17H21Cl2N5O2S. The minimum Gasteiger partial charge on any atom is -0.374 e. The third kappa shape index (κ3) is 6.22. The molecule has 3 rings (SSSR count). The van der Waals surface area contributed by atoms with Crippen molar-refractivity contribution in [3.63, 3.8) is 0 Å². The highest BCUT2D eigenvalue weighted by Crippen LogP contribution is 2.23. The molecule has 1 aromatic carbocycles. The van der Waals surface area contributed by atoms with E-state index in [1.807, 2.05) is 12.1 Å². The van der Waals surface area contributed by atoms with E-state index in [9.17, 15) is 4.79 Å². The van der Waals surface area contributed by atoms with E-state index in [-0.39, 0.29) is 12.1 Å². The van der Waals surface area contributed by atoms with Crippen molar-refractivity contribution in [2.45, 2.75) is 19.2 Å². The fraction of sp³-hybridized carbons (Fsp3) is 0.412. The van der Waals surface area contributed by atoms with Crippen LogP contribution < -0.4 is 10.6 Å². The molecule has 2 aromatic rings. The minimum atomic E-state index is -0.249. The number of rotatable bonds is 6. The van der Waals surface area contributed by atoms with Gasteiger partial charge < -0.3 is 25.3 Å². The Morgan fingerprint density at radius 3 is 2.93 bits per heavy atom. The Kier molecular flexibility index (Phi) is 7.14. The molecule has 1 fully saturated rings. The number of nitrogens with one attached hydrogen (secondary N) is 4. The van der Waals surface area contributed by atoms with Crippen LogP contribution in [-0.2, 0) is 17.8 Å². The van der Waals surface area contributed by atoms with E-state index in [2.05, 4.69) is 25.5 Å². The lowest BCUT2D eigenvalue weighted by Crippen LogP contribution is -2.48. The number of H-pyrrole nitrogens is 2. The molecule has 0 spiro atoms. The quantitative estimate of drug-likeness (QED) is 0.531. The summed E-state index contributed by atoms with van der Waals surface area (Å²) < 4.78 is 6.28. The van der Waals surface area contributed by atoms with Crippen LogP contribution in [0.4, 0.5) is 4.79 Å². The molecule has 10 heteroatoms. The monoisotopic (exact) mass is 429 g/mol. The molecule has 0 radical (unpaired) electrons. The Hall–Kier alpha value is -1.58. The van der Waals surface area contributed by atoms with Crippen LogP contribution in [0.25, 0.3) is 0 Å². The molecule has 0 bridgehead atoms. The zero-order valence-electron chi connectivity index (χ0n) is 14.6. The Labute approximate surface area is 172 Å². The molecule has 2 heterocycles. The minimum absolute atomic E-state index is 0.0645. The van der Waals surface area contributed by atoms with Crippen molar-refractivity contribution in [1.29, 1.82) is 0 Å². The zero-order chi connectivity index (χ0) is 19.2. The van der Waals surface area contributed by atoms with Crippen LogP contribution in [0.2, 0.25) is 10.0 Å². The number of imidazole rings is 1. The van der Waals surface area contributed by atoms with Crippen molar-refractivity contribution in [3.8, 4) is 0 Å². The Balaban J connectivity index is 1.41. The van der Waals surface area contributed by atoms with Crippen molar-refractivity contribution < 1.29 is 9.53 Å². The van der Waals surface area contributed by atoms with Crippen molar-refractivity contribution in [3.05, 3.63) is 50.5 Å². The van der Waals surface area contributed by atoms with Crippen molar-refractivity contribution in [1.82, 2.24) is 25.5 Å². The number of nitrogens with zero attached hydrogens (tertiary/aromatic N) is 1. The molecule has 146 valence electrons. The van der Waals surface area contributed by atoms with Crippen LogP contribution in [0.3, 0.4) is 0 Å². The number of amides is 2. The maximum Gasteiger partial charge on any atom is 0.315 e. The van der Waals surface area contributed by atoms with Gasteiger partial charge in [-0.05, 0) is 29.9 Å². The van der Waals surface area contributed by atoms with Gasteiger partial charge in [0, 0.05) is 32.4 Å². The van der Waals surface area contributed by atoms with E-state index in [0.29, 0.717) is 34.5 Å². The van der Waals surface area contributed by atoms with E-state index < -0.39 is 0 Å². The highest BCUT2D eigenvalue weighted by molar-refractivity contribution is 7.71. The molecule has 1 saturated heterocycles. The van der Waals surface area contributed by atoms with Gasteiger partial charge in [0.15, 0.2) is 4.77 Å². The van der Waals surface area contributed by atoms with Gasteiger partial charge in [-0.15, -0.1) is 0 Å². The topological polar surface area (TPSA) is 85.2 Å². The largest absolute Gasteiger partial charge is 0.374 e. The van der Waals surface area contributed by atoms with Gasteiger partial charge in [0.2, 0.25) is 0 Å². The van der Waals surface area contributed by atoms with E-state index in [4.69, 9.17) is 40.2 Å². The van der Waals surface area contributed by atoms with Gasteiger partial charge >= 0.3 is 6.03 Å². The predicted molar refractivity (Wildman–Crippen MR) is 108 cm³/mol. The van der Waals surface area contributed by atoms with Gasteiger partial charge in [-0.2, -0.15) is 0 Å². The third-order valence-corrected chi connectivity index (χ3v) is 5.15. The Morgan fingerprint density at radius 2 is 2.19 bits per heavy atom. The van der Waals surface area contributed by atoms with Crippen LogP contribution in [0, 0.1) is 4.77 Å². The lowest BCUT2D eigenvalue weighted by Gasteiger charge is -2.33. The molecule has 4 N–H and O–H groups in total. The molecule has 27 heavy (non-hydrogen) atoms. The molecule has 1 unspecified atom stereocenters. The number of morpholine rings is 1. The third-order valence-electron chi connectivity index (χ3n) is 4.19. The number of aromatic amines is 2. The number of carbonyl (C=O) groups is 1. The molecular weight excluding hydrogens is 409 g/mol. The second-order valence-electron chi connectivity index (χ2n) is 6.31. The molecule has 0 saturated carbocycles. The molecule has 1 aliphatic rings. The SMILES string of the molecule is O=C(NCc1c[nH]c(=S)[nH]1)NCC1CN(Cc2ccc(Cl)c(Cl)c2)CCO1. The maximum absolute atomic E-state index is 11.9. The van der Waals surface area contributed by atoms with Crippen LogP contribution in [0.1, 0.15) is 11.3 Å². The van der Waals surface area contributed by atoms with Crippen LogP contribution in [0.15, 0.2) is 24.4 Å². The number of aromatic nitrogens is 2. The van der Waals surface area contributed by atoms with Gasteiger partial charge in [-0.3, -0.25) is 4.90 Å². The number of carbonyl (C=O) groups excluding carboxylic acids is 1. The lowest BCUT2D eigenvalue weighted by atomic mass is 10.2. The molecule has 1 aromatic heterocycles. The molecule has 1 aliphatic heterocycles. The van der Waals surface area contributed by atoms with E-state index in [1.165, 1.54) is 0 Å². The predicted octanol–water partition coefficient (Wildman–Crippen LogP) is 3.08.